The second kappa shape index (κ2) is 6.46. The molecule has 4 nitrogen and oxygen atoms in total. The van der Waals surface area contributed by atoms with Crippen LogP contribution in [0.15, 0.2) is 24.3 Å². The summed E-state index contributed by atoms with van der Waals surface area (Å²) in [6, 6.07) is 8.20. The van der Waals surface area contributed by atoms with Crippen molar-refractivity contribution in [2.75, 3.05) is 37.4 Å². The molecule has 0 bridgehead atoms. The van der Waals surface area contributed by atoms with Gasteiger partial charge in [0.1, 0.15) is 0 Å². The molecule has 1 amide bonds. The molecule has 23 heavy (non-hydrogen) atoms. The van der Waals surface area contributed by atoms with E-state index in [4.69, 9.17) is 4.74 Å². The lowest BCUT2D eigenvalue weighted by atomic mass is 9.96. The first kappa shape index (κ1) is 15.5. The van der Waals surface area contributed by atoms with Gasteiger partial charge in [0.2, 0.25) is 5.91 Å². The van der Waals surface area contributed by atoms with Crippen molar-refractivity contribution >= 4 is 23.4 Å². The molecule has 1 aromatic carbocycles. The molecule has 0 saturated carbocycles. The number of benzene rings is 1. The second-order valence-corrected chi connectivity index (χ2v) is 8.38. The first-order valence-corrected chi connectivity index (χ1v) is 9.59. The summed E-state index contributed by atoms with van der Waals surface area (Å²) < 4.78 is 5.85. The minimum absolute atomic E-state index is 0.00280. The molecule has 0 unspecified atom stereocenters. The van der Waals surface area contributed by atoms with E-state index < -0.39 is 0 Å². The highest BCUT2D eigenvalue weighted by molar-refractivity contribution is 8.00. The summed E-state index contributed by atoms with van der Waals surface area (Å²) >= 11 is 2.09. The topological polar surface area (TPSA) is 41.6 Å². The predicted molar refractivity (Wildman–Crippen MR) is 94.0 cm³/mol. The Morgan fingerprint density at radius 3 is 2.96 bits per heavy atom. The number of anilines is 1. The van der Waals surface area contributed by atoms with Crippen molar-refractivity contribution in [1.82, 2.24) is 4.90 Å². The number of carbonyl (C=O) groups is 1. The van der Waals surface area contributed by atoms with Gasteiger partial charge in [-0.05, 0) is 37.3 Å². The maximum atomic E-state index is 12.8. The minimum Gasteiger partial charge on any atom is -0.381 e. The van der Waals surface area contributed by atoms with Crippen molar-refractivity contribution in [2.45, 2.75) is 36.5 Å². The minimum atomic E-state index is 0.00280. The summed E-state index contributed by atoms with van der Waals surface area (Å²) in [5.41, 5.74) is 2.25. The molecule has 3 aliphatic rings. The van der Waals surface area contributed by atoms with Crippen LogP contribution >= 0.6 is 11.8 Å². The van der Waals surface area contributed by atoms with E-state index in [-0.39, 0.29) is 11.9 Å². The summed E-state index contributed by atoms with van der Waals surface area (Å²) in [6.45, 7) is 3.77. The molecule has 1 atom stereocenters. The lowest BCUT2D eigenvalue weighted by Gasteiger charge is -2.46. The molecule has 0 aliphatic carbocycles. The fourth-order valence-corrected chi connectivity index (χ4v) is 5.51. The first-order chi connectivity index (χ1) is 11.3. The normalized spacial score (nSPS) is 28.0. The van der Waals surface area contributed by atoms with E-state index in [1.807, 2.05) is 12.1 Å². The molecule has 124 valence electrons. The first-order valence-electron chi connectivity index (χ1n) is 8.60. The Balaban J connectivity index is 1.50. The van der Waals surface area contributed by atoms with Gasteiger partial charge in [-0.2, -0.15) is 11.8 Å². The number of hydrogen-bond acceptors (Lipinski definition) is 4. The number of thioether (sulfide) groups is 1. The Hall–Kier alpha value is -1.04. The SMILES string of the molecule is O=C1Nc2ccccc2CC[C@H]1N1CCSC2(CCOCC2)C1. The average Bonchev–Trinajstić information content (AvgIpc) is 2.74. The Morgan fingerprint density at radius 1 is 1.26 bits per heavy atom. The predicted octanol–water partition coefficient (Wildman–Crippen LogP) is 2.54. The molecule has 3 heterocycles. The zero-order valence-electron chi connectivity index (χ0n) is 13.4. The molecule has 3 aliphatic heterocycles. The van der Waals surface area contributed by atoms with E-state index in [1.165, 1.54) is 5.56 Å². The number of para-hydroxylation sites is 1. The van der Waals surface area contributed by atoms with E-state index in [2.05, 4.69) is 34.1 Å². The monoisotopic (exact) mass is 332 g/mol. The van der Waals surface area contributed by atoms with Gasteiger partial charge < -0.3 is 10.1 Å². The summed E-state index contributed by atoms with van der Waals surface area (Å²) in [4.78, 5) is 15.2. The van der Waals surface area contributed by atoms with Gasteiger partial charge in [-0.15, -0.1) is 0 Å². The highest BCUT2D eigenvalue weighted by Gasteiger charge is 2.41. The van der Waals surface area contributed by atoms with Gasteiger partial charge in [0.05, 0.1) is 6.04 Å². The van der Waals surface area contributed by atoms with Crippen molar-refractivity contribution < 1.29 is 9.53 Å². The van der Waals surface area contributed by atoms with Gasteiger partial charge >= 0.3 is 0 Å². The van der Waals surface area contributed by atoms with E-state index in [9.17, 15) is 4.79 Å². The van der Waals surface area contributed by atoms with Crippen LogP contribution in [0.4, 0.5) is 5.69 Å². The number of nitrogens with zero attached hydrogens (tertiary/aromatic N) is 1. The van der Waals surface area contributed by atoms with Crippen LogP contribution in [-0.2, 0) is 16.0 Å². The maximum absolute atomic E-state index is 12.8. The zero-order chi connectivity index (χ0) is 15.7. The number of fused-ring (bicyclic) bond motifs is 1. The lowest BCUT2D eigenvalue weighted by molar-refractivity contribution is -0.121. The third-order valence-electron chi connectivity index (χ3n) is 5.39. The highest BCUT2D eigenvalue weighted by atomic mass is 32.2. The summed E-state index contributed by atoms with van der Waals surface area (Å²) in [6.07, 6.45) is 4.12. The van der Waals surface area contributed by atoms with Crippen LogP contribution in [0, 0.1) is 0 Å². The van der Waals surface area contributed by atoms with Gasteiger partial charge in [-0.1, -0.05) is 18.2 Å². The Bertz CT molecular complexity index is 581. The summed E-state index contributed by atoms with van der Waals surface area (Å²) in [5.74, 6) is 1.29. The number of aryl methyl sites for hydroxylation is 1. The van der Waals surface area contributed by atoms with Crippen molar-refractivity contribution in [2.24, 2.45) is 0 Å². The number of nitrogens with one attached hydrogen (secondary N) is 1. The van der Waals surface area contributed by atoms with Crippen LogP contribution in [-0.4, -0.2) is 53.7 Å². The summed E-state index contributed by atoms with van der Waals surface area (Å²) in [7, 11) is 0. The van der Waals surface area contributed by atoms with Gasteiger partial charge in [0.25, 0.3) is 0 Å². The largest absolute Gasteiger partial charge is 0.381 e. The molecule has 1 spiro atoms. The van der Waals surface area contributed by atoms with Gasteiger partial charge in [0, 0.05) is 42.5 Å². The molecule has 2 fully saturated rings. The average molecular weight is 332 g/mol. The van der Waals surface area contributed by atoms with Crippen LogP contribution in [0.3, 0.4) is 0 Å². The Kier molecular flexibility index (Phi) is 4.35. The quantitative estimate of drug-likeness (QED) is 0.858. The van der Waals surface area contributed by atoms with Gasteiger partial charge in [0.15, 0.2) is 0 Å². The van der Waals surface area contributed by atoms with Gasteiger partial charge in [-0.25, -0.2) is 0 Å². The molecule has 1 N–H and O–H groups in total. The molecule has 1 aromatic rings. The highest BCUT2D eigenvalue weighted by Crippen LogP contribution is 2.40. The van der Waals surface area contributed by atoms with Crippen LogP contribution in [0.25, 0.3) is 0 Å². The standard InChI is InChI=1S/C18H24N2O2S/c21-17-16(6-5-14-3-1-2-4-15(14)19-17)20-9-12-23-18(13-20)7-10-22-11-8-18/h1-4,16H,5-13H2,(H,19,21)/t16-/m1/s1. The maximum Gasteiger partial charge on any atom is 0.241 e. The summed E-state index contributed by atoms with van der Waals surface area (Å²) in [5, 5.41) is 3.15. The molecule has 0 aromatic heterocycles. The second-order valence-electron chi connectivity index (χ2n) is 6.82. The van der Waals surface area contributed by atoms with Crippen molar-refractivity contribution in [3.63, 3.8) is 0 Å². The van der Waals surface area contributed by atoms with Crippen LogP contribution in [0.5, 0.6) is 0 Å². The Morgan fingerprint density at radius 2 is 2.09 bits per heavy atom. The lowest BCUT2D eigenvalue weighted by Crippen LogP contribution is -2.55. The van der Waals surface area contributed by atoms with Crippen molar-refractivity contribution in [3.05, 3.63) is 29.8 Å². The fraction of sp³-hybridized carbons (Fsp3) is 0.611. The molecular formula is C18H24N2O2S. The van der Waals surface area contributed by atoms with Crippen molar-refractivity contribution in [1.29, 1.82) is 0 Å². The number of hydrogen-bond donors (Lipinski definition) is 1. The molecule has 4 rings (SSSR count). The number of rotatable bonds is 1. The van der Waals surface area contributed by atoms with Crippen LogP contribution in [0.1, 0.15) is 24.8 Å². The fourth-order valence-electron chi connectivity index (χ4n) is 4.03. The van der Waals surface area contributed by atoms with E-state index >= 15 is 0 Å². The Labute approximate surface area is 142 Å². The third kappa shape index (κ3) is 3.14. The van der Waals surface area contributed by atoms with Crippen LogP contribution in [0.2, 0.25) is 0 Å². The smallest absolute Gasteiger partial charge is 0.241 e. The third-order valence-corrected chi connectivity index (χ3v) is 6.92. The molecular weight excluding hydrogens is 308 g/mol. The molecule has 5 heteroatoms. The number of ether oxygens (including phenoxy) is 1. The molecule has 2 saturated heterocycles. The number of amides is 1. The van der Waals surface area contributed by atoms with E-state index in [1.54, 1.807) is 0 Å². The van der Waals surface area contributed by atoms with Crippen molar-refractivity contribution in [3.8, 4) is 0 Å². The number of carbonyl (C=O) groups excluding carboxylic acids is 1. The molecule has 0 radical (unpaired) electrons. The van der Waals surface area contributed by atoms with E-state index in [0.29, 0.717) is 4.75 Å². The van der Waals surface area contributed by atoms with E-state index in [0.717, 1.165) is 63.4 Å². The zero-order valence-corrected chi connectivity index (χ0v) is 14.2. The van der Waals surface area contributed by atoms with Gasteiger partial charge in [-0.3, -0.25) is 9.69 Å². The van der Waals surface area contributed by atoms with Crippen LogP contribution < -0.4 is 5.32 Å².